The van der Waals surface area contributed by atoms with Crippen LogP contribution in [0, 0.1) is 5.82 Å². The number of piperazine rings is 1. The average molecular weight is 421 g/mol. The van der Waals surface area contributed by atoms with Gasteiger partial charge in [-0.05, 0) is 31.2 Å². The Morgan fingerprint density at radius 1 is 1.10 bits per heavy atom. The second-order valence-corrected chi connectivity index (χ2v) is 8.67. The zero-order chi connectivity index (χ0) is 21.0. The molecule has 0 spiro atoms. The Morgan fingerprint density at radius 3 is 2.45 bits per heavy atom. The zero-order valence-electron chi connectivity index (χ0n) is 16.3. The molecule has 1 aliphatic heterocycles. The molecule has 2 aromatic carbocycles. The van der Waals surface area contributed by atoms with Gasteiger partial charge in [0.1, 0.15) is 16.5 Å². The summed E-state index contributed by atoms with van der Waals surface area (Å²) in [5, 5.41) is 2.85. The van der Waals surface area contributed by atoms with E-state index in [0.29, 0.717) is 24.5 Å². The summed E-state index contributed by atoms with van der Waals surface area (Å²) < 4.78 is 45.7. The van der Waals surface area contributed by atoms with Crippen molar-refractivity contribution in [2.75, 3.05) is 38.6 Å². The summed E-state index contributed by atoms with van der Waals surface area (Å²) in [6, 6.07) is 12.0. The molecule has 0 bridgehead atoms. The summed E-state index contributed by atoms with van der Waals surface area (Å²) in [4.78, 5) is 14.2. The van der Waals surface area contributed by atoms with Gasteiger partial charge in [0, 0.05) is 37.9 Å². The SMILES string of the molecule is COc1cccc(NC(=O)[C@@H](C)N2CCN(S(=O)(=O)c3ccccc3F)CC2)c1. The van der Waals surface area contributed by atoms with Gasteiger partial charge in [-0.2, -0.15) is 4.31 Å². The molecular weight excluding hydrogens is 397 g/mol. The zero-order valence-corrected chi connectivity index (χ0v) is 17.2. The van der Waals surface area contributed by atoms with Crippen molar-refractivity contribution in [1.29, 1.82) is 0 Å². The van der Waals surface area contributed by atoms with E-state index in [1.165, 1.54) is 22.5 Å². The number of carbonyl (C=O) groups excluding carboxylic acids is 1. The predicted octanol–water partition coefficient (Wildman–Crippen LogP) is 2.17. The first-order chi connectivity index (χ1) is 13.8. The molecule has 1 saturated heterocycles. The first-order valence-corrected chi connectivity index (χ1v) is 10.7. The number of halogens is 1. The van der Waals surface area contributed by atoms with Crippen molar-refractivity contribution in [1.82, 2.24) is 9.21 Å². The lowest BCUT2D eigenvalue weighted by Gasteiger charge is -2.36. The van der Waals surface area contributed by atoms with E-state index in [1.54, 1.807) is 38.3 Å². The number of nitrogens with one attached hydrogen (secondary N) is 1. The summed E-state index contributed by atoms with van der Waals surface area (Å²) in [5.74, 6) is -0.313. The molecule has 0 aromatic heterocycles. The Balaban J connectivity index is 1.61. The number of ether oxygens (including phenoxy) is 1. The van der Waals surface area contributed by atoms with E-state index in [2.05, 4.69) is 5.32 Å². The summed E-state index contributed by atoms with van der Waals surface area (Å²) in [5.41, 5.74) is 0.627. The average Bonchev–Trinajstić information content (AvgIpc) is 2.73. The molecule has 1 heterocycles. The lowest BCUT2D eigenvalue weighted by Crippen LogP contribution is -2.54. The summed E-state index contributed by atoms with van der Waals surface area (Å²) in [7, 11) is -2.35. The third-order valence-corrected chi connectivity index (χ3v) is 6.92. The number of carbonyl (C=O) groups is 1. The summed E-state index contributed by atoms with van der Waals surface area (Å²) in [6.07, 6.45) is 0. The molecule has 2 aromatic rings. The van der Waals surface area contributed by atoms with Crippen LogP contribution in [0.1, 0.15) is 6.92 Å². The highest BCUT2D eigenvalue weighted by Crippen LogP contribution is 2.22. The molecule has 156 valence electrons. The lowest BCUT2D eigenvalue weighted by molar-refractivity contribution is -0.121. The third kappa shape index (κ3) is 4.75. The van der Waals surface area contributed by atoms with Crippen molar-refractivity contribution in [3.05, 3.63) is 54.3 Å². The maximum absolute atomic E-state index is 13.9. The fourth-order valence-corrected chi connectivity index (χ4v) is 4.72. The van der Waals surface area contributed by atoms with Gasteiger partial charge in [0.05, 0.1) is 13.2 Å². The van der Waals surface area contributed by atoms with Crippen LogP contribution in [0.3, 0.4) is 0 Å². The molecule has 0 aliphatic carbocycles. The molecule has 1 atom stereocenters. The van der Waals surface area contributed by atoms with Gasteiger partial charge >= 0.3 is 0 Å². The van der Waals surface area contributed by atoms with Crippen LogP contribution in [0.5, 0.6) is 5.75 Å². The predicted molar refractivity (Wildman–Crippen MR) is 108 cm³/mol. The number of nitrogens with zero attached hydrogens (tertiary/aromatic N) is 2. The van der Waals surface area contributed by atoms with E-state index in [4.69, 9.17) is 4.74 Å². The largest absolute Gasteiger partial charge is 0.497 e. The number of benzene rings is 2. The minimum Gasteiger partial charge on any atom is -0.497 e. The molecule has 3 rings (SSSR count). The molecular formula is C20H24FN3O4S. The maximum Gasteiger partial charge on any atom is 0.246 e. The second kappa shape index (κ2) is 8.89. The maximum atomic E-state index is 13.9. The van der Waals surface area contributed by atoms with Crippen LogP contribution in [0.25, 0.3) is 0 Å². The Kier molecular flexibility index (Phi) is 6.51. The molecule has 29 heavy (non-hydrogen) atoms. The number of methoxy groups -OCH3 is 1. The van der Waals surface area contributed by atoms with Crippen LogP contribution < -0.4 is 10.1 Å². The van der Waals surface area contributed by atoms with E-state index in [-0.39, 0.29) is 23.9 Å². The Hall–Kier alpha value is -2.49. The number of hydrogen-bond acceptors (Lipinski definition) is 5. The van der Waals surface area contributed by atoms with Crippen molar-refractivity contribution in [2.45, 2.75) is 17.9 Å². The van der Waals surface area contributed by atoms with E-state index in [0.717, 1.165) is 6.07 Å². The molecule has 1 aliphatic rings. The number of sulfonamides is 1. The highest BCUT2D eigenvalue weighted by molar-refractivity contribution is 7.89. The number of amides is 1. The minimum absolute atomic E-state index is 0.188. The summed E-state index contributed by atoms with van der Waals surface area (Å²) in [6.45, 7) is 2.90. The molecule has 0 saturated carbocycles. The van der Waals surface area contributed by atoms with Gasteiger partial charge in [-0.25, -0.2) is 12.8 Å². The van der Waals surface area contributed by atoms with Crippen LogP contribution >= 0.6 is 0 Å². The topological polar surface area (TPSA) is 79.0 Å². The number of hydrogen-bond donors (Lipinski definition) is 1. The van der Waals surface area contributed by atoms with E-state index in [1.807, 2.05) is 4.90 Å². The molecule has 0 radical (unpaired) electrons. The van der Waals surface area contributed by atoms with Crippen LogP contribution in [0.15, 0.2) is 53.4 Å². The fourth-order valence-electron chi connectivity index (χ4n) is 3.24. The van der Waals surface area contributed by atoms with Gasteiger partial charge in [0.2, 0.25) is 15.9 Å². The quantitative estimate of drug-likeness (QED) is 0.773. The molecule has 7 nitrogen and oxygen atoms in total. The van der Waals surface area contributed by atoms with Gasteiger partial charge in [-0.1, -0.05) is 18.2 Å². The molecule has 1 N–H and O–H groups in total. The first-order valence-electron chi connectivity index (χ1n) is 9.26. The van der Waals surface area contributed by atoms with Gasteiger partial charge in [0.25, 0.3) is 0 Å². The Labute approximate surface area is 170 Å². The Morgan fingerprint density at radius 2 is 1.79 bits per heavy atom. The lowest BCUT2D eigenvalue weighted by atomic mass is 10.2. The molecule has 9 heteroatoms. The number of rotatable bonds is 6. The van der Waals surface area contributed by atoms with Crippen molar-refractivity contribution in [3.8, 4) is 5.75 Å². The first kappa shape index (κ1) is 21.2. The standard InChI is InChI=1S/C20H24FN3O4S/c1-15(20(25)22-16-6-5-7-17(14-16)28-2)23-10-12-24(13-11-23)29(26,27)19-9-4-3-8-18(19)21/h3-9,14-15H,10-13H2,1-2H3,(H,22,25)/t15-/m1/s1. The highest BCUT2D eigenvalue weighted by atomic mass is 32.2. The van der Waals surface area contributed by atoms with Crippen molar-refractivity contribution in [3.63, 3.8) is 0 Å². The van der Waals surface area contributed by atoms with Crippen LogP contribution in [-0.2, 0) is 14.8 Å². The van der Waals surface area contributed by atoms with Crippen LogP contribution in [0.4, 0.5) is 10.1 Å². The monoisotopic (exact) mass is 421 g/mol. The highest BCUT2D eigenvalue weighted by Gasteiger charge is 2.33. The molecule has 1 fully saturated rings. The van der Waals surface area contributed by atoms with Gasteiger partial charge in [0.15, 0.2) is 0 Å². The van der Waals surface area contributed by atoms with Crippen molar-refractivity contribution in [2.24, 2.45) is 0 Å². The third-order valence-electron chi connectivity index (χ3n) is 4.99. The number of anilines is 1. The minimum atomic E-state index is -3.90. The van der Waals surface area contributed by atoms with Gasteiger partial charge in [-0.3, -0.25) is 9.69 Å². The van der Waals surface area contributed by atoms with Crippen LogP contribution in [-0.4, -0.2) is 62.9 Å². The fraction of sp³-hybridized carbons (Fsp3) is 0.350. The second-order valence-electron chi connectivity index (χ2n) is 6.77. The Bertz CT molecular complexity index is 975. The van der Waals surface area contributed by atoms with Crippen molar-refractivity contribution >= 4 is 21.6 Å². The molecule has 0 unspecified atom stereocenters. The summed E-state index contributed by atoms with van der Waals surface area (Å²) >= 11 is 0. The van der Waals surface area contributed by atoms with Crippen LogP contribution in [0.2, 0.25) is 0 Å². The smallest absolute Gasteiger partial charge is 0.246 e. The van der Waals surface area contributed by atoms with Gasteiger partial charge < -0.3 is 10.1 Å². The van der Waals surface area contributed by atoms with Crippen molar-refractivity contribution < 1.29 is 22.3 Å². The van der Waals surface area contributed by atoms with E-state index in [9.17, 15) is 17.6 Å². The van der Waals surface area contributed by atoms with E-state index < -0.39 is 21.9 Å². The molecule has 1 amide bonds. The van der Waals surface area contributed by atoms with Gasteiger partial charge in [-0.15, -0.1) is 0 Å². The normalized spacial score (nSPS) is 16.9. The van der Waals surface area contributed by atoms with E-state index >= 15 is 0 Å².